The van der Waals surface area contributed by atoms with E-state index < -0.39 is 12.9 Å². The minimum atomic E-state index is -1.62. The van der Waals surface area contributed by atoms with E-state index in [9.17, 15) is 14.4 Å². The van der Waals surface area contributed by atoms with Crippen LogP contribution in [0.15, 0.2) is 18.2 Å². The molecule has 1 unspecified atom stereocenters. The molecule has 0 spiro atoms. The van der Waals surface area contributed by atoms with Gasteiger partial charge in [-0.25, -0.2) is 4.39 Å². The van der Waals surface area contributed by atoms with Gasteiger partial charge in [-0.3, -0.25) is 9.80 Å². The first-order valence-corrected chi connectivity index (χ1v) is 7.74. The molecule has 1 aromatic rings. The highest BCUT2D eigenvalue weighted by Gasteiger charge is 2.29. The monoisotopic (exact) mass is 292 g/mol. The van der Waals surface area contributed by atoms with Gasteiger partial charge in [-0.2, -0.15) is 0 Å². The van der Waals surface area contributed by atoms with E-state index in [1.54, 1.807) is 6.07 Å². The fraction of sp³-hybridized carbons (Fsp3) is 0.600. The molecule has 2 aliphatic heterocycles. The average Bonchev–Trinajstić information content (AvgIpc) is 2.49. The summed E-state index contributed by atoms with van der Waals surface area (Å²) >= 11 is 0. The predicted octanol–water partition coefficient (Wildman–Crippen LogP) is 0.176. The van der Waals surface area contributed by atoms with Gasteiger partial charge in [0.1, 0.15) is 5.82 Å². The van der Waals surface area contributed by atoms with Crippen molar-refractivity contribution in [1.82, 2.24) is 9.80 Å². The van der Waals surface area contributed by atoms with Crippen molar-refractivity contribution in [1.29, 1.82) is 0 Å². The molecule has 4 nitrogen and oxygen atoms in total. The van der Waals surface area contributed by atoms with Crippen LogP contribution in [-0.4, -0.2) is 59.2 Å². The van der Waals surface area contributed by atoms with Crippen LogP contribution in [0.3, 0.4) is 0 Å². The molecule has 2 fully saturated rings. The maximum atomic E-state index is 13.3. The SMILES string of the molecule is OB(O)c1cc(F)ccc1CN1CCN2CCCCC2C1. The third kappa shape index (κ3) is 3.45. The van der Waals surface area contributed by atoms with Gasteiger partial charge < -0.3 is 10.0 Å². The zero-order valence-electron chi connectivity index (χ0n) is 12.2. The van der Waals surface area contributed by atoms with Crippen LogP contribution in [0.2, 0.25) is 0 Å². The lowest BCUT2D eigenvalue weighted by atomic mass is 9.76. The number of fused-ring (bicyclic) bond motifs is 1. The Morgan fingerprint density at radius 1 is 1.19 bits per heavy atom. The quantitative estimate of drug-likeness (QED) is 0.780. The summed E-state index contributed by atoms with van der Waals surface area (Å²) in [4.78, 5) is 4.90. The van der Waals surface area contributed by atoms with Gasteiger partial charge in [0.05, 0.1) is 0 Å². The summed E-state index contributed by atoms with van der Waals surface area (Å²) in [6, 6.07) is 4.89. The van der Waals surface area contributed by atoms with Crippen molar-refractivity contribution in [3.05, 3.63) is 29.6 Å². The Labute approximate surface area is 125 Å². The van der Waals surface area contributed by atoms with Crippen molar-refractivity contribution in [2.45, 2.75) is 31.8 Å². The van der Waals surface area contributed by atoms with Crippen LogP contribution in [-0.2, 0) is 6.54 Å². The number of hydrogen-bond acceptors (Lipinski definition) is 4. The van der Waals surface area contributed by atoms with Crippen LogP contribution in [0.1, 0.15) is 24.8 Å². The van der Waals surface area contributed by atoms with Gasteiger partial charge in [-0.05, 0) is 42.5 Å². The maximum Gasteiger partial charge on any atom is 0.488 e. The van der Waals surface area contributed by atoms with E-state index in [2.05, 4.69) is 9.80 Å². The summed E-state index contributed by atoms with van der Waals surface area (Å²) in [7, 11) is -1.62. The van der Waals surface area contributed by atoms with Crippen LogP contribution < -0.4 is 5.46 Å². The lowest BCUT2D eigenvalue weighted by Gasteiger charge is -2.44. The number of piperazine rings is 1. The Morgan fingerprint density at radius 2 is 2.05 bits per heavy atom. The Bertz CT molecular complexity index is 501. The van der Waals surface area contributed by atoms with Gasteiger partial charge >= 0.3 is 7.12 Å². The largest absolute Gasteiger partial charge is 0.488 e. The highest BCUT2D eigenvalue weighted by Crippen LogP contribution is 2.22. The smallest absolute Gasteiger partial charge is 0.423 e. The zero-order chi connectivity index (χ0) is 14.8. The highest BCUT2D eigenvalue weighted by atomic mass is 19.1. The molecule has 0 amide bonds. The molecule has 2 heterocycles. The van der Waals surface area contributed by atoms with Gasteiger partial charge in [0.2, 0.25) is 0 Å². The van der Waals surface area contributed by atoms with Gasteiger partial charge in [-0.1, -0.05) is 12.5 Å². The molecule has 6 heteroatoms. The van der Waals surface area contributed by atoms with Crippen molar-refractivity contribution in [3.63, 3.8) is 0 Å². The molecule has 2 saturated heterocycles. The standard InChI is InChI=1S/C15H22BFN2O2/c17-13-5-4-12(15(9-13)16(20)21)10-18-7-8-19-6-2-1-3-14(19)11-18/h4-5,9,14,20-21H,1-3,6-8,10-11H2. The summed E-state index contributed by atoms with van der Waals surface area (Å²) in [5.41, 5.74) is 1.08. The molecular formula is C15H22BFN2O2. The molecule has 0 aliphatic carbocycles. The molecule has 3 rings (SSSR count). The molecule has 114 valence electrons. The van der Waals surface area contributed by atoms with Gasteiger partial charge in [-0.15, -0.1) is 0 Å². The van der Waals surface area contributed by atoms with E-state index in [1.165, 1.54) is 37.9 Å². The van der Waals surface area contributed by atoms with E-state index in [4.69, 9.17) is 0 Å². The lowest BCUT2D eigenvalue weighted by Crippen LogP contribution is -2.54. The van der Waals surface area contributed by atoms with E-state index in [1.807, 2.05) is 0 Å². The molecule has 21 heavy (non-hydrogen) atoms. The molecule has 0 radical (unpaired) electrons. The number of benzene rings is 1. The molecule has 2 aliphatic rings. The number of piperidine rings is 1. The second kappa shape index (κ2) is 6.44. The molecule has 1 atom stereocenters. The minimum Gasteiger partial charge on any atom is -0.423 e. The Kier molecular flexibility index (Phi) is 4.59. The van der Waals surface area contributed by atoms with Gasteiger partial charge in [0, 0.05) is 32.2 Å². The number of hydrogen-bond donors (Lipinski definition) is 2. The van der Waals surface area contributed by atoms with Crippen LogP contribution in [0.25, 0.3) is 0 Å². The third-order valence-corrected chi connectivity index (χ3v) is 4.70. The molecule has 1 aromatic carbocycles. The minimum absolute atomic E-state index is 0.279. The molecule has 0 bridgehead atoms. The van der Waals surface area contributed by atoms with E-state index in [-0.39, 0.29) is 5.46 Å². The second-order valence-electron chi connectivity index (χ2n) is 6.14. The first-order chi connectivity index (χ1) is 10.1. The first kappa shape index (κ1) is 15.0. The van der Waals surface area contributed by atoms with E-state index in [0.29, 0.717) is 12.6 Å². The number of nitrogens with zero attached hydrogens (tertiary/aromatic N) is 2. The van der Waals surface area contributed by atoms with Crippen molar-refractivity contribution in [2.75, 3.05) is 26.2 Å². The number of rotatable bonds is 3. The fourth-order valence-electron chi connectivity index (χ4n) is 3.55. The van der Waals surface area contributed by atoms with Crippen molar-refractivity contribution in [3.8, 4) is 0 Å². The molecule has 2 N–H and O–H groups in total. The van der Waals surface area contributed by atoms with Crippen LogP contribution in [0.5, 0.6) is 0 Å². The summed E-state index contributed by atoms with van der Waals surface area (Å²) in [6.45, 7) is 4.92. The normalized spacial score (nSPS) is 23.9. The van der Waals surface area contributed by atoms with Crippen LogP contribution in [0, 0.1) is 5.82 Å². The van der Waals surface area contributed by atoms with Crippen molar-refractivity contribution < 1.29 is 14.4 Å². The zero-order valence-corrected chi connectivity index (χ0v) is 12.2. The van der Waals surface area contributed by atoms with Crippen LogP contribution >= 0.6 is 0 Å². The highest BCUT2D eigenvalue weighted by molar-refractivity contribution is 6.59. The summed E-state index contributed by atoms with van der Waals surface area (Å²) in [5, 5.41) is 18.8. The fourth-order valence-corrected chi connectivity index (χ4v) is 3.55. The average molecular weight is 292 g/mol. The predicted molar refractivity (Wildman–Crippen MR) is 80.7 cm³/mol. The van der Waals surface area contributed by atoms with E-state index >= 15 is 0 Å². The summed E-state index contributed by atoms with van der Waals surface area (Å²) in [6.07, 6.45) is 3.84. The molecule has 0 saturated carbocycles. The number of halogens is 1. The third-order valence-electron chi connectivity index (χ3n) is 4.70. The summed E-state index contributed by atoms with van der Waals surface area (Å²) in [5.74, 6) is -0.432. The van der Waals surface area contributed by atoms with Crippen molar-refractivity contribution in [2.24, 2.45) is 0 Å². The second-order valence-corrected chi connectivity index (χ2v) is 6.14. The van der Waals surface area contributed by atoms with E-state index in [0.717, 1.165) is 25.2 Å². The molecular weight excluding hydrogens is 270 g/mol. The summed E-state index contributed by atoms with van der Waals surface area (Å²) < 4.78 is 13.3. The molecule has 0 aromatic heterocycles. The maximum absolute atomic E-state index is 13.3. The Morgan fingerprint density at radius 3 is 2.86 bits per heavy atom. The van der Waals surface area contributed by atoms with Crippen molar-refractivity contribution >= 4 is 12.6 Å². The Balaban J connectivity index is 1.69. The topological polar surface area (TPSA) is 46.9 Å². The Hall–Kier alpha value is -0.945. The van der Waals surface area contributed by atoms with Crippen LogP contribution in [0.4, 0.5) is 4.39 Å². The van der Waals surface area contributed by atoms with Gasteiger partial charge in [0.15, 0.2) is 0 Å². The lowest BCUT2D eigenvalue weighted by molar-refractivity contribution is 0.0458. The first-order valence-electron chi connectivity index (χ1n) is 7.74. The van der Waals surface area contributed by atoms with Gasteiger partial charge in [0.25, 0.3) is 0 Å².